The number of hydrogen-bond acceptors (Lipinski definition) is 7. The van der Waals surface area contributed by atoms with Gasteiger partial charge in [0.1, 0.15) is 22.7 Å². The molecule has 196 valence electrons. The molecule has 0 spiro atoms. The minimum absolute atomic E-state index is 0.0889. The van der Waals surface area contributed by atoms with E-state index in [-0.39, 0.29) is 23.2 Å². The lowest BCUT2D eigenvalue weighted by Crippen LogP contribution is -2.22. The fourth-order valence-corrected chi connectivity index (χ4v) is 6.06. The van der Waals surface area contributed by atoms with Crippen LogP contribution < -0.4 is 16.0 Å². The van der Waals surface area contributed by atoms with Crippen molar-refractivity contribution in [3.05, 3.63) is 93.7 Å². The van der Waals surface area contributed by atoms with Crippen molar-refractivity contribution in [1.29, 1.82) is 0 Å². The molecule has 2 N–H and O–H groups in total. The van der Waals surface area contributed by atoms with Crippen molar-refractivity contribution in [2.24, 2.45) is 0 Å². The highest BCUT2D eigenvalue weighted by Gasteiger charge is 2.27. The maximum absolute atomic E-state index is 14.7. The largest absolute Gasteiger partial charge is 0.494 e. The number of fused-ring (bicyclic) bond motifs is 2. The van der Waals surface area contributed by atoms with Gasteiger partial charge in [-0.1, -0.05) is 37.3 Å². The van der Waals surface area contributed by atoms with Gasteiger partial charge in [-0.25, -0.2) is 19.0 Å². The van der Waals surface area contributed by atoms with E-state index in [1.165, 1.54) is 30.8 Å². The van der Waals surface area contributed by atoms with Gasteiger partial charge in [0.05, 0.1) is 24.1 Å². The summed E-state index contributed by atoms with van der Waals surface area (Å²) in [5.41, 5.74) is 10.8. The molecule has 4 aromatic heterocycles. The van der Waals surface area contributed by atoms with E-state index >= 15 is 0 Å². The third-order valence-electron chi connectivity index (χ3n) is 6.95. The number of nitrogen functional groups attached to an aromatic ring is 1. The van der Waals surface area contributed by atoms with Crippen molar-refractivity contribution in [1.82, 2.24) is 24.1 Å². The average molecular weight is 541 g/mol. The van der Waals surface area contributed by atoms with Gasteiger partial charge in [-0.3, -0.25) is 9.20 Å². The van der Waals surface area contributed by atoms with Crippen molar-refractivity contribution in [2.75, 3.05) is 12.8 Å². The van der Waals surface area contributed by atoms with Crippen LogP contribution in [0.3, 0.4) is 0 Å². The first kappa shape index (κ1) is 24.7. The SMILES string of the molecule is CCC(c1cc2scc(C)n2c(=O)c1-c1ccccc1)n1nc(-c2ccc(OC)c(F)c2)c2c(N)ncnc21. The third-order valence-corrected chi connectivity index (χ3v) is 7.96. The van der Waals surface area contributed by atoms with E-state index in [9.17, 15) is 9.18 Å². The lowest BCUT2D eigenvalue weighted by atomic mass is 9.95. The molecule has 6 aromatic rings. The molecule has 8 nitrogen and oxygen atoms in total. The Morgan fingerprint density at radius 2 is 1.90 bits per heavy atom. The number of aromatic nitrogens is 5. The molecule has 0 bridgehead atoms. The zero-order valence-corrected chi connectivity index (χ0v) is 22.4. The van der Waals surface area contributed by atoms with E-state index in [1.54, 1.807) is 21.2 Å². The summed E-state index contributed by atoms with van der Waals surface area (Å²) in [5, 5.41) is 7.43. The minimum atomic E-state index is -0.516. The summed E-state index contributed by atoms with van der Waals surface area (Å²) in [4.78, 5) is 23.5. The molecule has 1 unspecified atom stereocenters. The summed E-state index contributed by atoms with van der Waals surface area (Å²) in [5.74, 6) is -0.149. The van der Waals surface area contributed by atoms with E-state index < -0.39 is 5.82 Å². The molecule has 1 atom stereocenters. The Morgan fingerprint density at radius 1 is 1.10 bits per heavy atom. The molecule has 0 saturated carbocycles. The smallest absolute Gasteiger partial charge is 0.264 e. The molecular weight excluding hydrogens is 515 g/mol. The van der Waals surface area contributed by atoms with Crippen LogP contribution in [-0.4, -0.2) is 31.3 Å². The van der Waals surface area contributed by atoms with Crippen LogP contribution in [0.15, 0.2) is 71.1 Å². The Labute approximate surface area is 227 Å². The number of anilines is 1. The van der Waals surface area contributed by atoms with Crippen LogP contribution in [0.4, 0.5) is 10.2 Å². The van der Waals surface area contributed by atoms with Crippen molar-refractivity contribution in [3.8, 4) is 28.1 Å². The fraction of sp³-hybridized carbons (Fsp3) is 0.172. The molecule has 39 heavy (non-hydrogen) atoms. The van der Waals surface area contributed by atoms with Crippen LogP contribution >= 0.6 is 11.3 Å². The van der Waals surface area contributed by atoms with E-state index in [4.69, 9.17) is 15.6 Å². The fourth-order valence-electron chi connectivity index (χ4n) is 5.14. The molecule has 2 aromatic carbocycles. The molecular formula is C29H25FN6O2S. The maximum atomic E-state index is 14.7. The topological polar surface area (TPSA) is 100 Å². The number of hydrogen-bond donors (Lipinski definition) is 1. The number of rotatable bonds is 6. The number of methoxy groups -OCH3 is 1. The molecule has 0 saturated heterocycles. The van der Waals surface area contributed by atoms with Gasteiger partial charge >= 0.3 is 0 Å². The summed E-state index contributed by atoms with van der Waals surface area (Å²) in [6.07, 6.45) is 2.00. The minimum Gasteiger partial charge on any atom is -0.494 e. The summed E-state index contributed by atoms with van der Waals surface area (Å²) in [6, 6.07) is 16.0. The first-order valence-electron chi connectivity index (χ1n) is 12.4. The average Bonchev–Trinajstić information content (AvgIpc) is 3.51. The first-order valence-corrected chi connectivity index (χ1v) is 13.3. The molecule has 0 amide bonds. The lowest BCUT2D eigenvalue weighted by molar-refractivity contribution is 0.386. The number of nitrogens with two attached hydrogens (primary N) is 1. The first-order chi connectivity index (χ1) is 18.9. The van der Waals surface area contributed by atoms with Crippen molar-refractivity contribution >= 4 is 33.0 Å². The standard InChI is InChI=1S/C29H25FN6O2S/c1-4-21(19-13-23-35(16(2)14-39-23)29(37)24(19)17-8-6-5-7-9-17)36-28-25(27(31)32-15-33-28)26(34-36)18-10-11-22(38-3)20(30)12-18/h5-15,21H,4H2,1-3H3,(H2,31,32,33). The van der Waals surface area contributed by atoms with Gasteiger partial charge in [0.2, 0.25) is 0 Å². The van der Waals surface area contributed by atoms with Crippen molar-refractivity contribution in [3.63, 3.8) is 0 Å². The molecule has 0 radical (unpaired) electrons. The zero-order valence-electron chi connectivity index (χ0n) is 21.6. The number of thiazole rings is 1. The molecule has 10 heteroatoms. The number of halogens is 1. The Hall–Kier alpha value is -4.57. The summed E-state index contributed by atoms with van der Waals surface area (Å²) in [7, 11) is 1.42. The Balaban J connectivity index is 1.65. The van der Waals surface area contributed by atoms with Gasteiger partial charge in [0.15, 0.2) is 17.2 Å². The highest BCUT2D eigenvalue weighted by Crippen LogP contribution is 2.38. The second-order valence-corrected chi connectivity index (χ2v) is 10.1. The predicted octanol–water partition coefficient (Wildman–Crippen LogP) is 5.87. The van der Waals surface area contributed by atoms with Gasteiger partial charge in [-0.15, -0.1) is 11.3 Å². The van der Waals surface area contributed by atoms with Gasteiger partial charge in [-0.2, -0.15) is 5.10 Å². The highest BCUT2D eigenvalue weighted by molar-refractivity contribution is 7.15. The maximum Gasteiger partial charge on any atom is 0.264 e. The normalized spacial score (nSPS) is 12.3. The van der Waals surface area contributed by atoms with Gasteiger partial charge in [0.25, 0.3) is 5.56 Å². The Kier molecular flexibility index (Phi) is 6.11. The number of benzene rings is 2. The Morgan fingerprint density at radius 3 is 2.62 bits per heavy atom. The summed E-state index contributed by atoms with van der Waals surface area (Å²) < 4.78 is 23.3. The second kappa shape index (κ2) is 9.63. The summed E-state index contributed by atoms with van der Waals surface area (Å²) in [6.45, 7) is 3.96. The third kappa shape index (κ3) is 3.95. The quantitative estimate of drug-likeness (QED) is 0.284. The number of aryl methyl sites for hydroxylation is 1. The van der Waals surface area contributed by atoms with E-state index in [2.05, 4.69) is 16.0 Å². The van der Waals surface area contributed by atoms with Gasteiger partial charge in [0, 0.05) is 16.6 Å². The van der Waals surface area contributed by atoms with E-state index in [0.717, 1.165) is 21.7 Å². The van der Waals surface area contributed by atoms with Gasteiger partial charge < -0.3 is 10.5 Å². The van der Waals surface area contributed by atoms with Crippen LogP contribution in [-0.2, 0) is 0 Å². The predicted molar refractivity (Wildman–Crippen MR) is 152 cm³/mol. The molecule has 0 aliphatic heterocycles. The number of pyridine rings is 1. The second-order valence-electron chi connectivity index (χ2n) is 9.22. The zero-order chi connectivity index (χ0) is 27.3. The van der Waals surface area contributed by atoms with Crippen LogP contribution in [0.5, 0.6) is 5.75 Å². The van der Waals surface area contributed by atoms with Crippen LogP contribution in [0.25, 0.3) is 38.2 Å². The van der Waals surface area contributed by atoms with E-state index in [0.29, 0.717) is 34.3 Å². The Bertz CT molecular complexity index is 1910. The number of nitrogens with zero attached hydrogens (tertiary/aromatic N) is 5. The lowest BCUT2D eigenvalue weighted by Gasteiger charge is -2.21. The van der Waals surface area contributed by atoms with Crippen molar-refractivity contribution < 1.29 is 9.13 Å². The molecule has 0 aliphatic rings. The molecule has 4 heterocycles. The molecule has 6 rings (SSSR count). The molecule has 0 aliphatic carbocycles. The van der Waals surface area contributed by atoms with Gasteiger partial charge in [-0.05, 0) is 48.7 Å². The molecule has 0 fully saturated rings. The van der Waals surface area contributed by atoms with Crippen LogP contribution in [0.2, 0.25) is 0 Å². The monoisotopic (exact) mass is 540 g/mol. The van der Waals surface area contributed by atoms with Crippen molar-refractivity contribution in [2.45, 2.75) is 26.3 Å². The highest BCUT2D eigenvalue weighted by atomic mass is 32.1. The van der Waals surface area contributed by atoms with Crippen LogP contribution in [0, 0.1) is 12.7 Å². The summed E-state index contributed by atoms with van der Waals surface area (Å²) >= 11 is 1.52. The van der Waals surface area contributed by atoms with E-state index in [1.807, 2.05) is 49.6 Å². The number of ether oxygens (including phenoxy) is 1. The van der Waals surface area contributed by atoms with Crippen LogP contribution in [0.1, 0.15) is 30.6 Å².